The highest BCUT2D eigenvalue weighted by atomic mass is 19.1. The van der Waals surface area contributed by atoms with Gasteiger partial charge in [0.2, 0.25) is 5.91 Å². The molecular weight excluding hydrogens is 357 g/mol. The second kappa shape index (κ2) is 7.76. The summed E-state index contributed by atoms with van der Waals surface area (Å²) in [6.45, 7) is 1.16. The quantitative estimate of drug-likeness (QED) is 0.684. The van der Waals surface area contributed by atoms with Crippen molar-refractivity contribution < 1.29 is 14.0 Å². The molecule has 4 rings (SSSR count). The number of hydrogen-bond donors (Lipinski definition) is 1. The van der Waals surface area contributed by atoms with Crippen LogP contribution in [0.4, 0.5) is 4.39 Å². The lowest BCUT2D eigenvalue weighted by Gasteiger charge is -2.26. The minimum absolute atomic E-state index is 0.0358. The van der Waals surface area contributed by atoms with Gasteiger partial charge in [-0.05, 0) is 48.4 Å². The number of carbonyl (C=O) groups is 2. The Bertz CT molecular complexity index is 1050. The summed E-state index contributed by atoms with van der Waals surface area (Å²) >= 11 is 0. The van der Waals surface area contributed by atoms with E-state index in [0.717, 1.165) is 23.0 Å². The Hall–Kier alpha value is -3.28. The Balaban J connectivity index is 1.36. The van der Waals surface area contributed by atoms with Crippen molar-refractivity contribution in [1.82, 2.24) is 14.9 Å². The number of amides is 1. The van der Waals surface area contributed by atoms with Crippen molar-refractivity contribution in [1.29, 1.82) is 0 Å². The van der Waals surface area contributed by atoms with Crippen LogP contribution >= 0.6 is 0 Å². The number of H-pyrrole nitrogens is 1. The van der Waals surface area contributed by atoms with Crippen molar-refractivity contribution in [2.75, 3.05) is 13.1 Å². The predicted octanol–water partition coefficient (Wildman–Crippen LogP) is 3.98. The molecule has 1 aliphatic rings. The van der Waals surface area contributed by atoms with Gasteiger partial charge in [-0.15, -0.1) is 0 Å². The molecule has 0 unspecified atom stereocenters. The van der Waals surface area contributed by atoms with Crippen LogP contribution in [-0.4, -0.2) is 39.6 Å². The summed E-state index contributed by atoms with van der Waals surface area (Å²) in [5.74, 6) is -0.561. The molecule has 0 spiro atoms. The zero-order chi connectivity index (χ0) is 19.5. The van der Waals surface area contributed by atoms with Crippen LogP contribution in [0.5, 0.6) is 0 Å². The number of rotatable bonds is 5. The van der Waals surface area contributed by atoms with E-state index in [9.17, 15) is 14.0 Å². The molecule has 142 valence electrons. The molecule has 0 saturated heterocycles. The van der Waals surface area contributed by atoms with Gasteiger partial charge in [0.1, 0.15) is 11.5 Å². The van der Waals surface area contributed by atoms with E-state index >= 15 is 0 Å². The van der Waals surface area contributed by atoms with E-state index in [2.05, 4.69) is 16.0 Å². The number of Topliss-reactive ketones (excluding diaryl/α,β-unsaturated/α-hetero) is 1. The van der Waals surface area contributed by atoms with Crippen molar-refractivity contribution in [3.8, 4) is 0 Å². The molecule has 2 aromatic heterocycles. The maximum Gasteiger partial charge on any atom is 0.223 e. The van der Waals surface area contributed by atoms with Crippen LogP contribution in [0.15, 0.2) is 54.9 Å². The maximum atomic E-state index is 12.9. The Labute approximate surface area is 161 Å². The van der Waals surface area contributed by atoms with E-state index in [1.165, 1.54) is 29.8 Å². The molecule has 0 saturated carbocycles. The van der Waals surface area contributed by atoms with Gasteiger partial charge >= 0.3 is 0 Å². The normalized spacial score (nSPS) is 14.2. The molecule has 0 radical (unpaired) electrons. The minimum atomic E-state index is -0.380. The number of fused-ring (bicyclic) bond motifs is 1. The first-order chi connectivity index (χ1) is 13.6. The highest BCUT2D eigenvalue weighted by Crippen LogP contribution is 2.28. The number of aromatic nitrogens is 2. The third-order valence-electron chi connectivity index (χ3n) is 5.09. The average molecular weight is 377 g/mol. The highest BCUT2D eigenvalue weighted by Gasteiger charge is 2.20. The van der Waals surface area contributed by atoms with Crippen molar-refractivity contribution in [2.24, 2.45) is 0 Å². The summed E-state index contributed by atoms with van der Waals surface area (Å²) in [6.07, 6.45) is 6.84. The molecule has 1 N–H and O–H groups in total. The molecule has 1 amide bonds. The molecule has 6 heteroatoms. The summed E-state index contributed by atoms with van der Waals surface area (Å²) in [4.78, 5) is 33.9. The third-order valence-corrected chi connectivity index (χ3v) is 5.09. The summed E-state index contributed by atoms with van der Waals surface area (Å²) < 4.78 is 12.9. The standard InChI is InChI=1S/C22H20FN3O2/c23-17-5-3-16(4-6-17)20(27)7-8-21(28)26-12-9-15(10-13-26)19-14-25-22-18(19)2-1-11-24-22/h1-6,9,11,14H,7-8,10,12-13H2,(H,24,25). The van der Waals surface area contributed by atoms with E-state index in [4.69, 9.17) is 0 Å². The Morgan fingerprint density at radius 2 is 1.96 bits per heavy atom. The highest BCUT2D eigenvalue weighted by molar-refractivity contribution is 5.98. The third kappa shape index (κ3) is 3.71. The molecule has 1 aliphatic heterocycles. The van der Waals surface area contributed by atoms with Crippen LogP contribution < -0.4 is 0 Å². The molecular formula is C22H20FN3O2. The molecule has 3 aromatic rings. The fourth-order valence-corrected chi connectivity index (χ4v) is 3.52. The number of aromatic amines is 1. The van der Waals surface area contributed by atoms with E-state index in [1.807, 2.05) is 18.3 Å². The lowest BCUT2D eigenvalue weighted by atomic mass is 9.99. The first kappa shape index (κ1) is 18.1. The second-order valence-corrected chi connectivity index (χ2v) is 6.85. The second-order valence-electron chi connectivity index (χ2n) is 6.85. The molecule has 28 heavy (non-hydrogen) atoms. The number of halogens is 1. The number of nitrogens with one attached hydrogen (secondary N) is 1. The van der Waals surface area contributed by atoms with Gasteiger partial charge in [0.25, 0.3) is 0 Å². The van der Waals surface area contributed by atoms with Gasteiger partial charge in [-0.1, -0.05) is 6.08 Å². The lowest BCUT2D eigenvalue weighted by molar-refractivity contribution is -0.130. The van der Waals surface area contributed by atoms with Gasteiger partial charge in [-0.2, -0.15) is 0 Å². The Morgan fingerprint density at radius 3 is 2.71 bits per heavy atom. The fourth-order valence-electron chi connectivity index (χ4n) is 3.52. The van der Waals surface area contributed by atoms with Crippen LogP contribution in [0.1, 0.15) is 35.2 Å². The first-order valence-corrected chi connectivity index (χ1v) is 9.30. The summed E-state index contributed by atoms with van der Waals surface area (Å²) in [7, 11) is 0. The fraction of sp³-hybridized carbons (Fsp3) is 0.227. The van der Waals surface area contributed by atoms with Crippen LogP contribution in [-0.2, 0) is 4.79 Å². The van der Waals surface area contributed by atoms with E-state index in [1.54, 1.807) is 11.1 Å². The van der Waals surface area contributed by atoms with Gasteiger partial charge < -0.3 is 9.88 Å². The predicted molar refractivity (Wildman–Crippen MR) is 105 cm³/mol. The van der Waals surface area contributed by atoms with Crippen molar-refractivity contribution in [2.45, 2.75) is 19.3 Å². The number of nitrogens with zero attached hydrogens (tertiary/aromatic N) is 2. The number of pyridine rings is 1. The number of benzene rings is 1. The summed E-state index contributed by atoms with van der Waals surface area (Å²) in [5, 5.41) is 1.08. The van der Waals surface area contributed by atoms with E-state index in [-0.39, 0.29) is 30.3 Å². The number of hydrogen-bond acceptors (Lipinski definition) is 3. The molecule has 5 nitrogen and oxygen atoms in total. The molecule has 0 aliphatic carbocycles. The summed E-state index contributed by atoms with van der Waals surface area (Å²) in [6, 6.07) is 9.37. The van der Waals surface area contributed by atoms with Crippen LogP contribution in [0.25, 0.3) is 16.6 Å². The van der Waals surface area contributed by atoms with Gasteiger partial charge in [0, 0.05) is 54.8 Å². The maximum absolute atomic E-state index is 12.9. The molecule has 0 atom stereocenters. The molecule has 3 heterocycles. The van der Waals surface area contributed by atoms with Crippen molar-refractivity contribution in [3.05, 3.63) is 71.8 Å². The Kier molecular flexibility index (Phi) is 5.02. The number of ketones is 1. The zero-order valence-corrected chi connectivity index (χ0v) is 15.3. The van der Waals surface area contributed by atoms with Crippen molar-refractivity contribution >= 4 is 28.3 Å². The topological polar surface area (TPSA) is 66.1 Å². The first-order valence-electron chi connectivity index (χ1n) is 9.30. The number of carbonyl (C=O) groups excluding carboxylic acids is 2. The van der Waals surface area contributed by atoms with Gasteiger partial charge in [-0.25, -0.2) is 9.37 Å². The van der Waals surface area contributed by atoms with E-state index < -0.39 is 0 Å². The zero-order valence-electron chi connectivity index (χ0n) is 15.3. The molecule has 0 fully saturated rings. The van der Waals surface area contributed by atoms with Crippen LogP contribution in [0.3, 0.4) is 0 Å². The Morgan fingerprint density at radius 1 is 1.14 bits per heavy atom. The smallest absolute Gasteiger partial charge is 0.223 e. The molecule has 1 aromatic carbocycles. The van der Waals surface area contributed by atoms with Gasteiger partial charge in [0.15, 0.2) is 5.78 Å². The minimum Gasteiger partial charge on any atom is -0.346 e. The van der Waals surface area contributed by atoms with E-state index in [0.29, 0.717) is 18.7 Å². The monoisotopic (exact) mass is 377 g/mol. The van der Waals surface area contributed by atoms with Crippen LogP contribution in [0, 0.1) is 5.82 Å². The SMILES string of the molecule is O=C(CCC(=O)N1CC=C(c2c[nH]c3ncccc23)CC1)c1ccc(F)cc1. The van der Waals surface area contributed by atoms with Crippen LogP contribution in [0.2, 0.25) is 0 Å². The van der Waals surface area contributed by atoms with Gasteiger partial charge in [0.05, 0.1) is 0 Å². The average Bonchev–Trinajstić information content (AvgIpc) is 3.16. The largest absolute Gasteiger partial charge is 0.346 e. The lowest BCUT2D eigenvalue weighted by Crippen LogP contribution is -2.34. The van der Waals surface area contributed by atoms with Gasteiger partial charge in [-0.3, -0.25) is 9.59 Å². The molecule has 0 bridgehead atoms. The van der Waals surface area contributed by atoms with Crippen molar-refractivity contribution in [3.63, 3.8) is 0 Å². The summed E-state index contributed by atoms with van der Waals surface area (Å²) in [5.41, 5.74) is 3.62.